The summed E-state index contributed by atoms with van der Waals surface area (Å²) in [6.07, 6.45) is 15.2. The van der Waals surface area contributed by atoms with E-state index in [1.54, 1.807) is 22.3 Å². The van der Waals surface area contributed by atoms with Crippen molar-refractivity contribution >= 4 is 27.8 Å². The van der Waals surface area contributed by atoms with Crippen LogP contribution in [0.5, 0.6) is 0 Å². The van der Waals surface area contributed by atoms with Crippen molar-refractivity contribution in [3.63, 3.8) is 0 Å². The minimum Gasteiger partial charge on any atom is -0.310 e. The van der Waals surface area contributed by atoms with E-state index in [-0.39, 0.29) is 10.8 Å². The molecule has 62 heavy (non-hydrogen) atoms. The lowest BCUT2D eigenvalue weighted by atomic mass is 9.43. The summed E-state index contributed by atoms with van der Waals surface area (Å²) in [6, 6.07) is 59.7. The van der Waals surface area contributed by atoms with E-state index < -0.39 is 0 Å². The number of rotatable bonds is 5. The van der Waals surface area contributed by atoms with E-state index in [0.717, 1.165) is 29.6 Å². The second-order valence-electron chi connectivity index (χ2n) is 21.0. The molecule has 2 atom stereocenters. The topological polar surface area (TPSA) is 3.24 Å². The lowest BCUT2D eigenvalue weighted by Gasteiger charge is -2.61. The van der Waals surface area contributed by atoms with Crippen LogP contribution in [-0.4, -0.2) is 0 Å². The normalized spacial score (nSPS) is 30.4. The van der Waals surface area contributed by atoms with E-state index in [4.69, 9.17) is 0 Å². The van der Waals surface area contributed by atoms with Crippen molar-refractivity contribution in [2.75, 3.05) is 4.90 Å². The van der Waals surface area contributed by atoms with E-state index in [1.165, 1.54) is 132 Å². The molecule has 7 aromatic carbocycles. The van der Waals surface area contributed by atoms with Crippen LogP contribution in [0.4, 0.5) is 17.1 Å². The molecule has 0 aromatic heterocycles. The Bertz CT molecular complexity index is 2890. The maximum Gasteiger partial charge on any atom is 0.0540 e. The number of benzene rings is 7. The van der Waals surface area contributed by atoms with Crippen LogP contribution in [0.25, 0.3) is 44.2 Å². The average molecular weight is 804 g/mol. The Morgan fingerprint density at radius 2 is 0.984 bits per heavy atom. The van der Waals surface area contributed by atoms with Crippen LogP contribution in [0.2, 0.25) is 0 Å². The van der Waals surface area contributed by atoms with Gasteiger partial charge in [0, 0.05) is 27.6 Å². The van der Waals surface area contributed by atoms with Crippen LogP contribution >= 0.6 is 0 Å². The smallest absolute Gasteiger partial charge is 0.0540 e. The first-order valence-corrected chi connectivity index (χ1v) is 24.5. The van der Waals surface area contributed by atoms with E-state index in [9.17, 15) is 0 Å². The first kappa shape index (κ1) is 36.1. The third-order valence-corrected chi connectivity index (χ3v) is 18.6. The lowest BCUT2D eigenvalue weighted by molar-refractivity contribution is -0.0399. The molecule has 1 nitrogen and oxygen atoms in total. The molecule has 0 amide bonds. The zero-order valence-electron chi connectivity index (χ0n) is 36.2. The van der Waals surface area contributed by atoms with Crippen LogP contribution < -0.4 is 4.90 Å². The molecule has 8 aliphatic carbocycles. The summed E-state index contributed by atoms with van der Waals surface area (Å²) in [4.78, 5) is 2.67. The Hall–Kier alpha value is -5.40. The molecule has 8 aliphatic rings. The number of anilines is 3. The number of nitrogens with zero attached hydrogens (tertiary/aromatic N) is 1. The summed E-state index contributed by atoms with van der Waals surface area (Å²) in [5.41, 5.74) is 19.1. The fraction of sp³-hybridized carbons (Fsp3) is 0.344. The van der Waals surface area contributed by atoms with E-state index >= 15 is 0 Å². The van der Waals surface area contributed by atoms with Crippen LogP contribution in [-0.2, 0) is 10.8 Å². The standard InChI is InChI=1S/C61H57N/c1-2-38-30-42-15-12-16-43(31-38)60(42)56-22-11-9-19-51(56)54-36-46(24-27-57(54)60)62(59-28-26-48(41-13-4-3-5-14-41)49-17-6-7-20-53(49)59)47-23-25-52-50-18-8-10-21-55(50)61(58(52)37-47)44-32-39-29-40(34-44)35-45(61)33-39/h3-11,13-14,17-28,36-40,42-45H,2,12,15-16,29-35H2,1H3. The van der Waals surface area contributed by atoms with Gasteiger partial charge in [-0.2, -0.15) is 0 Å². The van der Waals surface area contributed by atoms with Gasteiger partial charge in [-0.05, 0) is 191 Å². The summed E-state index contributed by atoms with van der Waals surface area (Å²) in [7, 11) is 0. The Kier molecular flexibility index (Phi) is 7.75. The zero-order chi connectivity index (χ0) is 40.7. The summed E-state index contributed by atoms with van der Waals surface area (Å²) in [5, 5.41) is 2.60. The average Bonchev–Trinajstić information content (AvgIpc) is 3.76. The second-order valence-corrected chi connectivity index (χ2v) is 21.0. The molecule has 2 unspecified atom stereocenters. The summed E-state index contributed by atoms with van der Waals surface area (Å²) >= 11 is 0. The first-order chi connectivity index (χ1) is 30.6. The van der Waals surface area contributed by atoms with Crippen molar-refractivity contribution in [2.24, 2.45) is 41.4 Å². The Morgan fingerprint density at radius 3 is 1.69 bits per heavy atom. The fourth-order valence-corrected chi connectivity index (χ4v) is 16.7. The molecule has 6 saturated carbocycles. The molecule has 306 valence electrons. The van der Waals surface area contributed by atoms with Crippen LogP contribution in [0, 0.1) is 41.4 Å². The van der Waals surface area contributed by atoms with Gasteiger partial charge in [0.1, 0.15) is 0 Å². The molecule has 1 heteroatoms. The molecule has 0 N–H and O–H groups in total. The summed E-state index contributed by atoms with van der Waals surface area (Å²) in [6.45, 7) is 2.44. The molecule has 0 saturated heterocycles. The number of hydrogen-bond acceptors (Lipinski definition) is 1. The van der Waals surface area contributed by atoms with Gasteiger partial charge in [-0.3, -0.25) is 0 Å². The molecule has 6 bridgehead atoms. The van der Waals surface area contributed by atoms with E-state index in [2.05, 4.69) is 163 Å². The highest BCUT2D eigenvalue weighted by molar-refractivity contribution is 6.06. The van der Waals surface area contributed by atoms with Gasteiger partial charge in [0.2, 0.25) is 0 Å². The maximum absolute atomic E-state index is 2.70. The van der Waals surface area contributed by atoms with Crippen molar-refractivity contribution in [1.82, 2.24) is 0 Å². The second kappa shape index (κ2) is 13.3. The van der Waals surface area contributed by atoms with Crippen molar-refractivity contribution in [1.29, 1.82) is 0 Å². The van der Waals surface area contributed by atoms with Crippen molar-refractivity contribution in [3.05, 3.63) is 174 Å². The Labute approximate surface area is 368 Å². The Balaban J connectivity index is 1.00. The van der Waals surface area contributed by atoms with Crippen molar-refractivity contribution in [3.8, 4) is 33.4 Å². The van der Waals surface area contributed by atoms with Gasteiger partial charge in [0.15, 0.2) is 0 Å². The first-order valence-electron chi connectivity index (χ1n) is 24.5. The SMILES string of the molecule is CCC1CC2CCCC(C1)C21c2ccccc2-c2cc(N(c3ccc4c(c3)C3(c5ccccc5-4)C4CC5CC(C4)CC3C5)c3ccc(-c4ccccc4)c4ccccc34)ccc21. The van der Waals surface area contributed by atoms with Gasteiger partial charge >= 0.3 is 0 Å². The molecule has 2 spiro atoms. The summed E-state index contributed by atoms with van der Waals surface area (Å²) in [5.74, 6) is 5.59. The molecular formula is C61H57N. The highest BCUT2D eigenvalue weighted by atomic mass is 15.1. The van der Waals surface area contributed by atoms with Crippen LogP contribution in [0.1, 0.15) is 99.8 Å². The quantitative estimate of drug-likeness (QED) is 0.168. The van der Waals surface area contributed by atoms with Gasteiger partial charge in [-0.25, -0.2) is 0 Å². The van der Waals surface area contributed by atoms with Crippen molar-refractivity contribution in [2.45, 2.75) is 88.4 Å². The van der Waals surface area contributed by atoms with Crippen molar-refractivity contribution < 1.29 is 0 Å². The minimum atomic E-state index is 0.110. The molecule has 7 aromatic rings. The summed E-state index contributed by atoms with van der Waals surface area (Å²) < 4.78 is 0. The number of hydrogen-bond donors (Lipinski definition) is 0. The van der Waals surface area contributed by atoms with E-state index in [0.29, 0.717) is 11.8 Å². The fourth-order valence-electron chi connectivity index (χ4n) is 16.7. The molecule has 0 heterocycles. The van der Waals surface area contributed by atoms with E-state index in [1.807, 2.05) is 0 Å². The van der Waals surface area contributed by atoms with Gasteiger partial charge in [-0.15, -0.1) is 0 Å². The van der Waals surface area contributed by atoms with Crippen LogP contribution in [0.15, 0.2) is 152 Å². The minimum absolute atomic E-state index is 0.110. The highest BCUT2D eigenvalue weighted by Crippen LogP contribution is 2.70. The molecule has 0 aliphatic heterocycles. The Morgan fingerprint density at radius 1 is 0.435 bits per heavy atom. The molecular weight excluding hydrogens is 747 g/mol. The van der Waals surface area contributed by atoms with Gasteiger partial charge in [0.05, 0.1) is 5.69 Å². The third kappa shape index (κ3) is 4.70. The monoisotopic (exact) mass is 803 g/mol. The van der Waals surface area contributed by atoms with Gasteiger partial charge in [-0.1, -0.05) is 141 Å². The van der Waals surface area contributed by atoms with Gasteiger partial charge in [0.25, 0.3) is 0 Å². The predicted octanol–water partition coefficient (Wildman–Crippen LogP) is 16.2. The van der Waals surface area contributed by atoms with Gasteiger partial charge < -0.3 is 4.90 Å². The molecule has 6 fully saturated rings. The highest BCUT2D eigenvalue weighted by Gasteiger charge is 2.62. The number of fused-ring (bicyclic) bond motifs is 7. The maximum atomic E-state index is 2.70. The molecule has 0 radical (unpaired) electrons. The van der Waals surface area contributed by atoms with Crippen LogP contribution in [0.3, 0.4) is 0 Å². The predicted molar refractivity (Wildman–Crippen MR) is 257 cm³/mol. The third-order valence-electron chi connectivity index (χ3n) is 18.6. The lowest BCUT2D eigenvalue weighted by Crippen LogP contribution is -2.55. The largest absolute Gasteiger partial charge is 0.310 e. The zero-order valence-corrected chi connectivity index (χ0v) is 36.2. The molecule has 15 rings (SSSR count).